The number of imidazole rings is 1. The molecule has 1 aliphatic rings. The Bertz CT molecular complexity index is 1580. The number of nitrogens with two attached hydrogens (primary N) is 1. The van der Waals surface area contributed by atoms with Crippen LogP contribution in [-0.4, -0.2) is 48.9 Å². The van der Waals surface area contributed by atoms with E-state index in [1.54, 1.807) is 64.9 Å². The molecule has 1 atom stereocenters. The predicted molar refractivity (Wildman–Crippen MR) is 136 cm³/mol. The van der Waals surface area contributed by atoms with Crippen molar-refractivity contribution in [3.05, 3.63) is 77.0 Å². The zero-order valence-corrected chi connectivity index (χ0v) is 19.5. The van der Waals surface area contributed by atoms with Crippen molar-refractivity contribution in [2.24, 2.45) is 0 Å². The zero-order valence-electron chi connectivity index (χ0n) is 19.5. The predicted octanol–water partition coefficient (Wildman–Crippen LogP) is 2.21. The molecule has 3 N–H and O–H groups in total. The Kier molecular flexibility index (Phi) is 5.96. The lowest BCUT2D eigenvalue weighted by Crippen LogP contribution is -2.31. The molecule has 0 aliphatic carbocycles. The van der Waals surface area contributed by atoms with Crippen molar-refractivity contribution < 1.29 is 9.59 Å². The highest BCUT2D eigenvalue weighted by Gasteiger charge is 2.31. The number of hydrogen-bond acceptors (Lipinski definition) is 6. The maximum atomic E-state index is 13.7. The summed E-state index contributed by atoms with van der Waals surface area (Å²) in [5.41, 5.74) is 8.31. The van der Waals surface area contributed by atoms with Crippen molar-refractivity contribution in [3.63, 3.8) is 0 Å². The first-order valence-electron chi connectivity index (χ1n) is 11.4. The molecular formula is C26H23N7O3. The second-order valence-electron chi connectivity index (χ2n) is 8.35. The van der Waals surface area contributed by atoms with E-state index in [1.165, 1.54) is 10.9 Å². The highest BCUT2D eigenvalue weighted by atomic mass is 16.2. The van der Waals surface area contributed by atoms with Crippen LogP contribution in [0.3, 0.4) is 0 Å². The summed E-state index contributed by atoms with van der Waals surface area (Å²) in [5, 5.41) is 2.85. The van der Waals surface area contributed by atoms with Crippen LogP contribution in [0.1, 0.15) is 29.7 Å². The standard InChI is InChI=1S/C26H23N7O3/c1-2-6-21(34)31-14-13-20(15-31)33-24-22(23(27)28-16-29-24)32(26(33)36)19-11-9-18(10-12-19)30-25(35)17-7-4-3-5-8-17/h3-5,7-12,16,20H,13-15H2,1H3,(H,30,35)(H2,27,28,29). The van der Waals surface area contributed by atoms with E-state index in [4.69, 9.17) is 5.73 Å². The average Bonchev–Trinajstić information content (AvgIpc) is 3.48. The molecule has 0 spiro atoms. The third-order valence-electron chi connectivity index (χ3n) is 6.15. The van der Waals surface area contributed by atoms with Gasteiger partial charge >= 0.3 is 5.69 Å². The van der Waals surface area contributed by atoms with Crippen molar-refractivity contribution >= 4 is 34.5 Å². The summed E-state index contributed by atoms with van der Waals surface area (Å²) in [5.74, 6) is 4.84. The van der Waals surface area contributed by atoms with E-state index in [0.717, 1.165) is 0 Å². The lowest BCUT2D eigenvalue weighted by Gasteiger charge is -2.14. The highest BCUT2D eigenvalue weighted by molar-refractivity contribution is 6.04. The molecule has 0 bridgehead atoms. The van der Waals surface area contributed by atoms with Crippen molar-refractivity contribution in [2.45, 2.75) is 19.4 Å². The summed E-state index contributed by atoms with van der Waals surface area (Å²) in [4.78, 5) is 48.5. The van der Waals surface area contributed by atoms with Gasteiger partial charge in [-0.1, -0.05) is 24.1 Å². The minimum Gasteiger partial charge on any atom is -0.382 e. The van der Waals surface area contributed by atoms with Gasteiger partial charge in [-0.3, -0.25) is 18.7 Å². The van der Waals surface area contributed by atoms with E-state index < -0.39 is 0 Å². The number of rotatable bonds is 4. The number of benzene rings is 2. The second-order valence-corrected chi connectivity index (χ2v) is 8.35. The topological polar surface area (TPSA) is 128 Å². The van der Waals surface area contributed by atoms with Gasteiger partial charge in [0.25, 0.3) is 11.8 Å². The van der Waals surface area contributed by atoms with Crippen LogP contribution in [0.4, 0.5) is 11.5 Å². The largest absolute Gasteiger partial charge is 0.382 e. The van der Waals surface area contributed by atoms with Crippen LogP contribution in [0, 0.1) is 11.8 Å². The summed E-state index contributed by atoms with van der Waals surface area (Å²) < 4.78 is 3.04. The number of aromatic nitrogens is 4. The molecule has 36 heavy (non-hydrogen) atoms. The smallest absolute Gasteiger partial charge is 0.335 e. The van der Waals surface area contributed by atoms with Crippen LogP contribution in [0.5, 0.6) is 0 Å². The van der Waals surface area contributed by atoms with Crippen LogP contribution in [0.2, 0.25) is 0 Å². The van der Waals surface area contributed by atoms with E-state index in [1.807, 2.05) is 6.07 Å². The minimum atomic E-state index is -0.334. The maximum Gasteiger partial charge on any atom is 0.335 e. The van der Waals surface area contributed by atoms with Crippen LogP contribution < -0.4 is 16.7 Å². The molecule has 4 aromatic rings. The third kappa shape index (κ3) is 4.07. The monoisotopic (exact) mass is 481 g/mol. The van der Waals surface area contributed by atoms with Gasteiger partial charge in [-0.2, -0.15) is 0 Å². The number of likely N-dealkylation sites (tertiary alicyclic amines) is 1. The van der Waals surface area contributed by atoms with Gasteiger partial charge in [0.15, 0.2) is 11.5 Å². The lowest BCUT2D eigenvalue weighted by molar-refractivity contribution is -0.124. The molecule has 0 radical (unpaired) electrons. The Balaban J connectivity index is 1.50. The number of hydrogen-bond donors (Lipinski definition) is 2. The minimum absolute atomic E-state index is 0.167. The van der Waals surface area contributed by atoms with Gasteiger partial charge in [-0.15, -0.1) is 0 Å². The van der Waals surface area contributed by atoms with Crippen molar-refractivity contribution in [2.75, 3.05) is 24.1 Å². The normalized spacial score (nSPS) is 14.9. The van der Waals surface area contributed by atoms with Crippen molar-refractivity contribution in [1.29, 1.82) is 0 Å². The van der Waals surface area contributed by atoms with Crippen LogP contribution >= 0.6 is 0 Å². The molecule has 10 heteroatoms. The fourth-order valence-corrected chi connectivity index (χ4v) is 4.45. The van der Waals surface area contributed by atoms with Crippen LogP contribution in [-0.2, 0) is 4.79 Å². The Labute approximate surface area is 206 Å². The molecule has 1 fully saturated rings. The zero-order chi connectivity index (χ0) is 25.2. The summed E-state index contributed by atoms with van der Waals surface area (Å²) in [6.45, 7) is 2.45. The Morgan fingerprint density at radius 2 is 1.83 bits per heavy atom. The number of amides is 2. The molecule has 1 unspecified atom stereocenters. The molecule has 1 saturated heterocycles. The number of anilines is 2. The number of nitrogens with one attached hydrogen (secondary N) is 1. The van der Waals surface area contributed by atoms with E-state index in [9.17, 15) is 14.4 Å². The van der Waals surface area contributed by atoms with Gasteiger partial charge in [0, 0.05) is 24.3 Å². The van der Waals surface area contributed by atoms with Gasteiger partial charge < -0.3 is 16.0 Å². The Morgan fingerprint density at radius 3 is 2.56 bits per heavy atom. The number of nitrogen functional groups attached to an aromatic ring is 1. The molecule has 1 aliphatic heterocycles. The average molecular weight is 482 g/mol. The molecule has 10 nitrogen and oxygen atoms in total. The number of carbonyl (C=O) groups excluding carboxylic acids is 2. The molecule has 0 saturated carbocycles. The van der Waals surface area contributed by atoms with Gasteiger partial charge in [0.2, 0.25) is 0 Å². The Hall–Kier alpha value is -4.91. The van der Waals surface area contributed by atoms with Gasteiger partial charge in [-0.25, -0.2) is 14.8 Å². The molecule has 180 valence electrons. The first kappa shape index (κ1) is 22.9. The number of carbonyl (C=O) groups is 2. The maximum absolute atomic E-state index is 13.7. The van der Waals surface area contributed by atoms with E-state index in [2.05, 4.69) is 27.1 Å². The Morgan fingerprint density at radius 1 is 1.08 bits per heavy atom. The SMILES string of the molecule is CC#CC(=O)N1CCC(n2c(=O)n(-c3ccc(NC(=O)c4ccccc4)cc3)c3c(N)ncnc32)C1. The van der Waals surface area contributed by atoms with Crippen LogP contribution in [0.15, 0.2) is 65.7 Å². The quantitative estimate of drug-likeness (QED) is 0.430. The second kappa shape index (κ2) is 9.38. The third-order valence-corrected chi connectivity index (χ3v) is 6.15. The fourth-order valence-electron chi connectivity index (χ4n) is 4.45. The first-order chi connectivity index (χ1) is 17.5. The molecule has 2 aromatic heterocycles. The molecule has 5 rings (SSSR count). The number of fused-ring (bicyclic) bond motifs is 1. The number of nitrogens with zero attached hydrogens (tertiary/aromatic N) is 5. The van der Waals surface area contributed by atoms with Crippen molar-refractivity contribution in [1.82, 2.24) is 24.0 Å². The van der Waals surface area contributed by atoms with Gasteiger partial charge in [0.1, 0.15) is 11.8 Å². The van der Waals surface area contributed by atoms with Gasteiger partial charge in [0.05, 0.1) is 11.7 Å². The van der Waals surface area contributed by atoms with Crippen LogP contribution in [0.25, 0.3) is 16.9 Å². The van der Waals surface area contributed by atoms with Gasteiger partial charge in [-0.05, 0) is 55.7 Å². The molecule has 3 heterocycles. The summed E-state index contributed by atoms with van der Waals surface area (Å²) in [7, 11) is 0. The molecule has 2 amide bonds. The summed E-state index contributed by atoms with van der Waals surface area (Å²) >= 11 is 0. The first-order valence-corrected chi connectivity index (χ1v) is 11.4. The fraction of sp³-hybridized carbons (Fsp3) is 0.192. The van der Waals surface area contributed by atoms with E-state index >= 15 is 0 Å². The van der Waals surface area contributed by atoms with Crippen molar-refractivity contribution in [3.8, 4) is 17.5 Å². The van der Waals surface area contributed by atoms with E-state index in [-0.39, 0.29) is 29.4 Å². The summed E-state index contributed by atoms with van der Waals surface area (Å²) in [6, 6.07) is 15.5. The molecular weight excluding hydrogens is 458 g/mol. The summed E-state index contributed by atoms with van der Waals surface area (Å²) in [6.07, 6.45) is 1.91. The lowest BCUT2D eigenvalue weighted by atomic mass is 10.2. The highest BCUT2D eigenvalue weighted by Crippen LogP contribution is 2.27. The van der Waals surface area contributed by atoms with E-state index in [0.29, 0.717) is 47.6 Å². The molecule has 2 aromatic carbocycles.